The Bertz CT molecular complexity index is 652. The molecule has 2 rings (SSSR count). The van der Waals surface area contributed by atoms with Gasteiger partial charge in [-0.1, -0.05) is 11.6 Å². The number of anilines is 1. The van der Waals surface area contributed by atoms with Crippen molar-refractivity contribution in [3.63, 3.8) is 0 Å². The maximum absolute atomic E-state index is 11.8. The molecule has 1 N–H and O–H groups in total. The summed E-state index contributed by atoms with van der Waals surface area (Å²) >= 11 is 9.08. The Morgan fingerprint density at radius 2 is 2.20 bits per heavy atom. The number of hydrogen-bond acceptors (Lipinski definition) is 3. The van der Waals surface area contributed by atoms with E-state index in [1.165, 1.54) is 13.2 Å². The fourth-order valence-electron chi connectivity index (χ4n) is 1.53. The van der Waals surface area contributed by atoms with Crippen molar-refractivity contribution in [3.8, 4) is 5.75 Å². The number of methoxy groups -OCH3 is 1. The molecule has 0 aliphatic rings. The first-order valence-electron chi connectivity index (χ1n) is 5.66. The minimum absolute atomic E-state index is 0.307. The lowest BCUT2D eigenvalue weighted by Crippen LogP contribution is -2.08. The summed E-state index contributed by atoms with van der Waals surface area (Å²) in [6.07, 6.45) is 2.93. The molecule has 104 valence electrons. The molecule has 0 radical (unpaired) electrons. The number of carbonyl (C=O) groups excluding carboxylic acids is 1. The number of ether oxygens (including phenoxy) is 1. The van der Waals surface area contributed by atoms with E-state index >= 15 is 0 Å². The number of rotatable bonds is 4. The Hall–Kier alpha value is -1.72. The molecule has 1 aromatic heterocycles. The van der Waals surface area contributed by atoms with Gasteiger partial charge in [-0.3, -0.25) is 4.79 Å². The minimum Gasteiger partial charge on any atom is -0.495 e. The molecule has 1 amide bonds. The highest BCUT2D eigenvalue weighted by Gasteiger charge is 2.06. The Morgan fingerprint density at radius 1 is 1.40 bits per heavy atom. The second-order valence-corrected chi connectivity index (χ2v) is 5.03. The van der Waals surface area contributed by atoms with E-state index in [-0.39, 0.29) is 5.91 Å². The Balaban J connectivity index is 2.08. The van der Waals surface area contributed by atoms with Crippen molar-refractivity contribution in [2.45, 2.75) is 0 Å². The van der Waals surface area contributed by atoms with Gasteiger partial charge in [0.1, 0.15) is 11.5 Å². The minimum atomic E-state index is -0.307. The van der Waals surface area contributed by atoms with Gasteiger partial charge in [0, 0.05) is 11.1 Å². The molecule has 0 aliphatic heterocycles. The normalized spacial score (nSPS) is 10.8. The van der Waals surface area contributed by atoms with Gasteiger partial charge in [0.2, 0.25) is 5.91 Å². The molecule has 0 saturated heterocycles. The van der Waals surface area contributed by atoms with Crippen molar-refractivity contribution in [2.75, 3.05) is 12.4 Å². The zero-order valence-corrected chi connectivity index (χ0v) is 12.9. The Morgan fingerprint density at radius 3 is 2.85 bits per heavy atom. The summed E-state index contributed by atoms with van der Waals surface area (Å²) in [5.41, 5.74) is 0.510. The van der Waals surface area contributed by atoms with Gasteiger partial charge in [0.15, 0.2) is 4.67 Å². The quantitative estimate of drug-likeness (QED) is 0.828. The van der Waals surface area contributed by atoms with Crippen LogP contribution in [0.3, 0.4) is 0 Å². The largest absolute Gasteiger partial charge is 0.495 e. The predicted octanol–water partition coefficient (Wildman–Crippen LogP) is 4.36. The van der Waals surface area contributed by atoms with E-state index in [2.05, 4.69) is 21.2 Å². The molecule has 6 heteroatoms. The van der Waals surface area contributed by atoms with E-state index in [0.717, 1.165) is 0 Å². The van der Waals surface area contributed by atoms with Crippen LogP contribution in [0, 0.1) is 0 Å². The van der Waals surface area contributed by atoms with E-state index in [4.69, 9.17) is 20.8 Å². The lowest BCUT2D eigenvalue weighted by molar-refractivity contribution is -0.111. The zero-order chi connectivity index (χ0) is 14.5. The van der Waals surface area contributed by atoms with E-state index in [1.54, 1.807) is 36.4 Å². The van der Waals surface area contributed by atoms with Gasteiger partial charge >= 0.3 is 0 Å². The van der Waals surface area contributed by atoms with Crippen LogP contribution in [0.4, 0.5) is 5.69 Å². The third-order valence-electron chi connectivity index (χ3n) is 2.41. The van der Waals surface area contributed by atoms with E-state index < -0.39 is 0 Å². The van der Waals surface area contributed by atoms with Crippen molar-refractivity contribution in [3.05, 3.63) is 51.9 Å². The molecule has 1 aromatic carbocycles. The lowest BCUT2D eigenvalue weighted by atomic mass is 10.3. The van der Waals surface area contributed by atoms with Crippen molar-refractivity contribution in [2.24, 2.45) is 0 Å². The third-order valence-corrected chi connectivity index (χ3v) is 3.07. The lowest BCUT2D eigenvalue weighted by Gasteiger charge is -2.08. The first kappa shape index (κ1) is 14.7. The van der Waals surface area contributed by atoms with Crippen LogP contribution in [0.25, 0.3) is 6.08 Å². The standard InChI is InChI=1S/C14H11BrClNO3/c1-19-12-5-2-9(16)8-11(12)17-14(18)7-4-10-3-6-13(15)20-10/h2-8H,1H3,(H,17,18)/b7-4+. The molecular weight excluding hydrogens is 346 g/mol. The van der Waals surface area contributed by atoms with Crippen LogP contribution in [-0.4, -0.2) is 13.0 Å². The van der Waals surface area contributed by atoms with Gasteiger partial charge in [-0.05, 0) is 52.3 Å². The molecular formula is C14H11BrClNO3. The molecule has 0 atom stereocenters. The summed E-state index contributed by atoms with van der Waals surface area (Å²) in [7, 11) is 1.52. The van der Waals surface area contributed by atoms with Crippen LogP contribution < -0.4 is 10.1 Å². The summed E-state index contributed by atoms with van der Waals surface area (Å²) in [5, 5.41) is 3.20. The Kier molecular flexibility index (Phi) is 4.87. The summed E-state index contributed by atoms with van der Waals surface area (Å²) in [4.78, 5) is 11.8. The molecule has 0 spiro atoms. The zero-order valence-electron chi connectivity index (χ0n) is 10.5. The molecule has 0 bridgehead atoms. The van der Waals surface area contributed by atoms with Gasteiger partial charge in [-0.25, -0.2) is 0 Å². The average molecular weight is 357 g/mol. The van der Waals surface area contributed by atoms with Crippen molar-refractivity contribution in [1.29, 1.82) is 0 Å². The summed E-state index contributed by atoms with van der Waals surface area (Å²) in [6.45, 7) is 0. The number of amides is 1. The number of nitrogens with one attached hydrogen (secondary N) is 1. The fraction of sp³-hybridized carbons (Fsp3) is 0.0714. The van der Waals surface area contributed by atoms with Crippen LogP contribution in [0.2, 0.25) is 5.02 Å². The average Bonchev–Trinajstić information content (AvgIpc) is 2.83. The van der Waals surface area contributed by atoms with Gasteiger partial charge in [0.25, 0.3) is 0 Å². The summed E-state index contributed by atoms with van der Waals surface area (Å²) in [5.74, 6) is 0.806. The van der Waals surface area contributed by atoms with Gasteiger partial charge in [-0.2, -0.15) is 0 Å². The molecule has 1 heterocycles. The van der Waals surface area contributed by atoms with Crippen LogP contribution in [0.15, 0.2) is 45.5 Å². The van der Waals surface area contributed by atoms with Crippen LogP contribution in [0.1, 0.15) is 5.76 Å². The highest BCUT2D eigenvalue weighted by Crippen LogP contribution is 2.27. The maximum Gasteiger partial charge on any atom is 0.248 e. The first-order chi connectivity index (χ1) is 9.58. The van der Waals surface area contributed by atoms with Gasteiger partial charge in [0.05, 0.1) is 12.8 Å². The fourth-order valence-corrected chi connectivity index (χ4v) is 2.02. The number of benzene rings is 1. The monoisotopic (exact) mass is 355 g/mol. The number of halogens is 2. The van der Waals surface area contributed by atoms with Crippen molar-refractivity contribution in [1.82, 2.24) is 0 Å². The topological polar surface area (TPSA) is 51.5 Å². The van der Waals surface area contributed by atoms with Crippen LogP contribution >= 0.6 is 27.5 Å². The number of hydrogen-bond donors (Lipinski definition) is 1. The maximum atomic E-state index is 11.8. The first-order valence-corrected chi connectivity index (χ1v) is 6.83. The van der Waals surface area contributed by atoms with Crippen molar-refractivity contribution >= 4 is 45.2 Å². The smallest absolute Gasteiger partial charge is 0.248 e. The van der Waals surface area contributed by atoms with E-state index in [1.807, 2.05) is 0 Å². The van der Waals surface area contributed by atoms with Gasteiger partial charge in [-0.15, -0.1) is 0 Å². The Labute approximate surface area is 129 Å². The summed E-state index contributed by atoms with van der Waals surface area (Å²) in [6, 6.07) is 8.48. The predicted molar refractivity (Wildman–Crippen MR) is 82.1 cm³/mol. The third kappa shape index (κ3) is 3.88. The molecule has 0 unspecified atom stereocenters. The highest BCUT2D eigenvalue weighted by atomic mass is 79.9. The summed E-state index contributed by atoms with van der Waals surface area (Å²) < 4.78 is 11.0. The molecule has 0 fully saturated rings. The molecule has 0 aliphatic carbocycles. The van der Waals surface area contributed by atoms with Crippen LogP contribution in [-0.2, 0) is 4.79 Å². The number of carbonyl (C=O) groups is 1. The number of furan rings is 1. The van der Waals surface area contributed by atoms with Gasteiger partial charge < -0.3 is 14.5 Å². The molecule has 4 nitrogen and oxygen atoms in total. The van der Waals surface area contributed by atoms with E-state index in [0.29, 0.717) is 26.9 Å². The second kappa shape index (κ2) is 6.63. The highest BCUT2D eigenvalue weighted by molar-refractivity contribution is 9.10. The van der Waals surface area contributed by atoms with Crippen LogP contribution in [0.5, 0.6) is 5.75 Å². The van der Waals surface area contributed by atoms with Crippen molar-refractivity contribution < 1.29 is 13.9 Å². The molecule has 20 heavy (non-hydrogen) atoms. The molecule has 2 aromatic rings. The second-order valence-electron chi connectivity index (χ2n) is 3.81. The van der Waals surface area contributed by atoms with E-state index in [9.17, 15) is 4.79 Å². The SMILES string of the molecule is COc1ccc(Cl)cc1NC(=O)/C=C/c1ccc(Br)o1. The molecule has 0 saturated carbocycles.